The zero-order valence-corrected chi connectivity index (χ0v) is 14.0. The standard InChI is InChI=1S/C22H15N3O/c23-14-18-10-11-25-21(12-18)9-8-17-4-3-7-22(13-17)26-16-20-6-2-1-5-19(20)15-24/h1-13H,16H2/b9-8+. The molecule has 2 aromatic carbocycles. The summed E-state index contributed by atoms with van der Waals surface area (Å²) in [4.78, 5) is 4.22. The van der Waals surface area contributed by atoms with Gasteiger partial charge in [-0.05, 0) is 42.0 Å². The molecule has 3 rings (SSSR count). The number of rotatable bonds is 5. The molecule has 0 saturated heterocycles. The average molecular weight is 337 g/mol. The Morgan fingerprint density at radius 2 is 1.81 bits per heavy atom. The molecule has 4 nitrogen and oxygen atoms in total. The van der Waals surface area contributed by atoms with E-state index in [1.54, 1.807) is 24.4 Å². The summed E-state index contributed by atoms with van der Waals surface area (Å²) in [5.74, 6) is 0.721. The monoisotopic (exact) mass is 337 g/mol. The highest BCUT2D eigenvalue weighted by atomic mass is 16.5. The first-order valence-corrected chi connectivity index (χ1v) is 8.03. The Balaban J connectivity index is 1.71. The lowest BCUT2D eigenvalue weighted by Gasteiger charge is -2.08. The first-order chi connectivity index (χ1) is 12.8. The number of ether oxygens (including phenoxy) is 1. The van der Waals surface area contributed by atoms with Gasteiger partial charge in [-0.15, -0.1) is 0 Å². The third-order valence-electron chi connectivity index (χ3n) is 3.75. The molecule has 4 heteroatoms. The summed E-state index contributed by atoms with van der Waals surface area (Å²) in [7, 11) is 0. The van der Waals surface area contributed by atoms with Gasteiger partial charge >= 0.3 is 0 Å². The van der Waals surface area contributed by atoms with Crippen molar-refractivity contribution in [3.05, 3.63) is 94.8 Å². The maximum Gasteiger partial charge on any atom is 0.120 e. The van der Waals surface area contributed by atoms with Crippen LogP contribution in [0.3, 0.4) is 0 Å². The molecule has 0 amide bonds. The predicted molar refractivity (Wildman–Crippen MR) is 99.8 cm³/mol. The molecule has 26 heavy (non-hydrogen) atoms. The molecule has 0 saturated carbocycles. The minimum absolute atomic E-state index is 0.336. The lowest BCUT2D eigenvalue weighted by molar-refractivity contribution is 0.306. The molecule has 124 valence electrons. The molecule has 0 aliphatic carbocycles. The highest BCUT2D eigenvalue weighted by Gasteiger charge is 2.02. The van der Waals surface area contributed by atoms with E-state index < -0.39 is 0 Å². The van der Waals surface area contributed by atoms with Crippen molar-refractivity contribution in [3.8, 4) is 17.9 Å². The van der Waals surface area contributed by atoms with Gasteiger partial charge in [0.1, 0.15) is 12.4 Å². The van der Waals surface area contributed by atoms with Crippen molar-refractivity contribution in [1.29, 1.82) is 10.5 Å². The number of benzene rings is 2. The molecule has 0 bridgehead atoms. The first kappa shape index (κ1) is 17.0. The van der Waals surface area contributed by atoms with Crippen molar-refractivity contribution < 1.29 is 4.74 Å². The van der Waals surface area contributed by atoms with E-state index >= 15 is 0 Å². The number of pyridine rings is 1. The fourth-order valence-electron chi connectivity index (χ4n) is 2.41. The highest BCUT2D eigenvalue weighted by Crippen LogP contribution is 2.18. The molecule has 0 N–H and O–H groups in total. The third-order valence-corrected chi connectivity index (χ3v) is 3.75. The van der Waals surface area contributed by atoms with Crippen LogP contribution >= 0.6 is 0 Å². The van der Waals surface area contributed by atoms with E-state index in [1.807, 2.05) is 54.6 Å². The van der Waals surface area contributed by atoms with Crippen LogP contribution in [-0.4, -0.2) is 4.98 Å². The smallest absolute Gasteiger partial charge is 0.120 e. The third kappa shape index (κ3) is 4.35. The van der Waals surface area contributed by atoms with Gasteiger partial charge in [-0.2, -0.15) is 10.5 Å². The van der Waals surface area contributed by atoms with Crippen LogP contribution in [0.2, 0.25) is 0 Å². The molecule has 0 aliphatic heterocycles. The van der Waals surface area contributed by atoms with Gasteiger partial charge in [0, 0.05) is 11.8 Å². The summed E-state index contributed by atoms with van der Waals surface area (Å²) in [5, 5.41) is 18.1. The summed E-state index contributed by atoms with van der Waals surface area (Å²) in [5.41, 5.74) is 3.73. The maximum atomic E-state index is 9.13. The van der Waals surface area contributed by atoms with Crippen LogP contribution in [0.1, 0.15) is 27.9 Å². The predicted octanol–water partition coefficient (Wildman–Crippen LogP) is 4.57. The normalized spacial score (nSPS) is 10.2. The number of aromatic nitrogens is 1. The van der Waals surface area contributed by atoms with E-state index in [0.29, 0.717) is 17.7 Å². The van der Waals surface area contributed by atoms with Crippen molar-refractivity contribution in [1.82, 2.24) is 4.98 Å². The highest BCUT2D eigenvalue weighted by molar-refractivity contribution is 5.69. The Labute approximate surface area is 152 Å². The van der Waals surface area contributed by atoms with E-state index in [2.05, 4.69) is 17.1 Å². The van der Waals surface area contributed by atoms with Crippen LogP contribution in [0, 0.1) is 22.7 Å². The van der Waals surface area contributed by atoms with Crippen LogP contribution in [-0.2, 0) is 6.61 Å². The molecule has 3 aromatic rings. The Hall–Kier alpha value is -3.89. The van der Waals surface area contributed by atoms with E-state index in [1.165, 1.54) is 0 Å². The van der Waals surface area contributed by atoms with Gasteiger partial charge in [-0.3, -0.25) is 4.98 Å². The van der Waals surface area contributed by atoms with Crippen LogP contribution in [0.25, 0.3) is 12.2 Å². The molecule has 0 atom stereocenters. The van der Waals surface area contributed by atoms with Gasteiger partial charge in [0.15, 0.2) is 0 Å². The second kappa shape index (κ2) is 8.28. The summed E-state index contributed by atoms with van der Waals surface area (Å²) < 4.78 is 5.82. The Kier molecular flexibility index (Phi) is 5.40. The number of nitrogens with zero attached hydrogens (tertiary/aromatic N) is 3. The zero-order chi connectivity index (χ0) is 18.2. The molecule has 0 fully saturated rings. The second-order valence-electron chi connectivity index (χ2n) is 5.54. The number of nitriles is 2. The van der Waals surface area contributed by atoms with Crippen molar-refractivity contribution >= 4 is 12.2 Å². The summed E-state index contributed by atoms with van der Waals surface area (Å²) in [6.45, 7) is 0.336. The lowest BCUT2D eigenvalue weighted by Crippen LogP contribution is -1.98. The Bertz CT molecular complexity index is 1030. The Morgan fingerprint density at radius 1 is 0.923 bits per heavy atom. The van der Waals surface area contributed by atoms with Crippen LogP contribution in [0.15, 0.2) is 66.9 Å². The summed E-state index contributed by atoms with van der Waals surface area (Å²) in [6, 6.07) is 22.7. The molecule has 1 heterocycles. The fourth-order valence-corrected chi connectivity index (χ4v) is 2.41. The van der Waals surface area contributed by atoms with Crippen molar-refractivity contribution in [3.63, 3.8) is 0 Å². The van der Waals surface area contributed by atoms with Crippen LogP contribution < -0.4 is 4.74 Å². The molecule has 0 radical (unpaired) electrons. The summed E-state index contributed by atoms with van der Waals surface area (Å²) >= 11 is 0. The molecular formula is C22H15N3O. The maximum absolute atomic E-state index is 9.13. The van der Waals surface area contributed by atoms with Gasteiger partial charge in [0.2, 0.25) is 0 Å². The molecular weight excluding hydrogens is 322 g/mol. The fraction of sp³-hybridized carbons (Fsp3) is 0.0455. The van der Waals surface area contributed by atoms with Gasteiger partial charge in [0.05, 0.1) is 29.0 Å². The Morgan fingerprint density at radius 3 is 2.65 bits per heavy atom. The minimum Gasteiger partial charge on any atom is -0.489 e. The van der Waals surface area contributed by atoms with Crippen molar-refractivity contribution in [2.45, 2.75) is 6.61 Å². The van der Waals surface area contributed by atoms with Gasteiger partial charge in [0.25, 0.3) is 0 Å². The SMILES string of the molecule is N#Cc1ccnc(/C=C/c2cccc(OCc3ccccc3C#N)c2)c1. The van der Waals surface area contributed by atoms with E-state index in [-0.39, 0.29) is 0 Å². The van der Waals surface area contributed by atoms with Gasteiger partial charge < -0.3 is 4.74 Å². The molecule has 0 aliphatic rings. The number of hydrogen-bond acceptors (Lipinski definition) is 4. The largest absolute Gasteiger partial charge is 0.489 e. The van der Waals surface area contributed by atoms with Gasteiger partial charge in [-0.25, -0.2) is 0 Å². The quantitative estimate of drug-likeness (QED) is 0.683. The van der Waals surface area contributed by atoms with E-state index in [9.17, 15) is 0 Å². The summed E-state index contributed by atoms with van der Waals surface area (Å²) in [6.07, 6.45) is 5.38. The first-order valence-electron chi connectivity index (χ1n) is 8.03. The van der Waals surface area contributed by atoms with Gasteiger partial charge in [-0.1, -0.05) is 36.4 Å². The van der Waals surface area contributed by atoms with Crippen LogP contribution in [0.4, 0.5) is 0 Å². The van der Waals surface area contributed by atoms with Crippen molar-refractivity contribution in [2.75, 3.05) is 0 Å². The van der Waals surface area contributed by atoms with Crippen molar-refractivity contribution in [2.24, 2.45) is 0 Å². The zero-order valence-electron chi connectivity index (χ0n) is 14.0. The van der Waals surface area contributed by atoms with Crippen LogP contribution in [0.5, 0.6) is 5.75 Å². The topological polar surface area (TPSA) is 69.7 Å². The van der Waals surface area contributed by atoms with E-state index in [0.717, 1.165) is 22.6 Å². The molecule has 1 aromatic heterocycles. The number of hydrogen-bond donors (Lipinski definition) is 0. The second-order valence-corrected chi connectivity index (χ2v) is 5.54. The average Bonchev–Trinajstić information content (AvgIpc) is 2.71. The lowest BCUT2D eigenvalue weighted by atomic mass is 10.1. The minimum atomic E-state index is 0.336. The van der Waals surface area contributed by atoms with E-state index in [4.69, 9.17) is 15.3 Å². The molecule has 0 spiro atoms. The molecule has 0 unspecified atom stereocenters.